The van der Waals surface area contributed by atoms with Gasteiger partial charge in [0.2, 0.25) is 0 Å². The van der Waals surface area contributed by atoms with Crippen LogP contribution < -0.4 is 10.6 Å². The molecular weight excluding hydrogens is 290 g/mol. The monoisotopic (exact) mass is 312 g/mol. The maximum Gasteiger partial charge on any atom is -0.00343 e. The van der Waals surface area contributed by atoms with Crippen LogP contribution in [0.2, 0.25) is 0 Å². The molecule has 21 heavy (non-hydrogen) atoms. The Labute approximate surface area is 131 Å². The Balaban J connectivity index is 2.20. The number of benzene rings is 2. The maximum atomic E-state index is 3.96. The molecule has 0 radical (unpaired) electrons. The first-order chi connectivity index (χ1) is 10.3. The Kier molecular flexibility index (Phi) is 6.87. The van der Waals surface area contributed by atoms with Crippen molar-refractivity contribution in [1.29, 1.82) is 0 Å². The van der Waals surface area contributed by atoms with Gasteiger partial charge in [0.25, 0.3) is 0 Å². The standard InChI is InChI=1S/C19H22P2/c1-3-15-20(18-11-7-5-8-12-18)17-21(16-4-2)19-13-9-6-10-14-19/h3-14H,1-2,15-17H2. The molecule has 0 saturated heterocycles. The Morgan fingerprint density at radius 2 is 1.05 bits per heavy atom. The van der Waals surface area contributed by atoms with Gasteiger partial charge in [-0.05, 0) is 28.8 Å². The molecule has 0 N–H and O–H groups in total. The summed E-state index contributed by atoms with van der Waals surface area (Å²) >= 11 is 0. The molecule has 0 aliphatic heterocycles. The van der Waals surface area contributed by atoms with Crippen molar-refractivity contribution >= 4 is 26.5 Å². The van der Waals surface area contributed by atoms with Crippen molar-refractivity contribution in [1.82, 2.24) is 0 Å². The third kappa shape index (κ3) is 4.92. The minimum absolute atomic E-state index is 0.167. The van der Waals surface area contributed by atoms with Gasteiger partial charge in [-0.1, -0.05) is 88.7 Å². The summed E-state index contributed by atoms with van der Waals surface area (Å²) in [6.07, 6.45) is 6.35. The van der Waals surface area contributed by atoms with Gasteiger partial charge in [-0.3, -0.25) is 0 Å². The van der Waals surface area contributed by atoms with Crippen molar-refractivity contribution in [2.75, 3.05) is 18.2 Å². The molecule has 0 nitrogen and oxygen atoms in total. The van der Waals surface area contributed by atoms with E-state index in [0.717, 1.165) is 12.3 Å². The van der Waals surface area contributed by atoms with Crippen molar-refractivity contribution in [3.8, 4) is 0 Å². The molecule has 0 fully saturated rings. The molecule has 2 rings (SSSR count). The highest BCUT2D eigenvalue weighted by molar-refractivity contribution is 7.82. The normalized spacial score (nSPS) is 13.3. The number of hydrogen-bond donors (Lipinski definition) is 0. The first-order valence-corrected chi connectivity index (χ1v) is 10.6. The van der Waals surface area contributed by atoms with Crippen LogP contribution in [0.5, 0.6) is 0 Å². The summed E-state index contributed by atoms with van der Waals surface area (Å²) < 4.78 is 0. The smallest absolute Gasteiger partial charge is 0.00343 e. The van der Waals surface area contributed by atoms with Crippen molar-refractivity contribution in [2.45, 2.75) is 0 Å². The fourth-order valence-corrected chi connectivity index (χ4v) is 8.40. The predicted molar refractivity (Wildman–Crippen MR) is 101 cm³/mol. The Bertz CT molecular complexity index is 497. The van der Waals surface area contributed by atoms with E-state index in [4.69, 9.17) is 0 Å². The summed E-state index contributed by atoms with van der Waals surface area (Å²) in [5.74, 6) is 1.26. The molecule has 2 aromatic carbocycles. The average Bonchev–Trinajstić information content (AvgIpc) is 2.55. The van der Waals surface area contributed by atoms with E-state index in [2.05, 4.69) is 86.0 Å². The molecule has 0 aromatic heterocycles. The van der Waals surface area contributed by atoms with Gasteiger partial charge in [-0.25, -0.2) is 0 Å². The van der Waals surface area contributed by atoms with Crippen LogP contribution in [0, 0.1) is 0 Å². The van der Waals surface area contributed by atoms with Gasteiger partial charge < -0.3 is 0 Å². The lowest BCUT2D eigenvalue weighted by Gasteiger charge is -2.24. The van der Waals surface area contributed by atoms with E-state index in [-0.39, 0.29) is 15.8 Å². The van der Waals surface area contributed by atoms with Crippen LogP contribution in [-0.2, 0) is 0 Å². The van der Waals surface area contributed by atoms with Crippen LogP contribution in [0.25, 0.3) is 0 Å². The Morgan fingerprint density at radius 1 is 0.667 bits per heavy atom. The second-order valence-corrected chi connectivity index (χ2v) is 9.89. The lowest BCUT2D eigenvalue weighted by molar-refractivity contribution is 1.68. The molecule has 0 spiro atoms. The third-order valence-corrected chi connectivity index (χ3v) is 9.47. The largest absolute Gasteiger partial charge is 0.103 e. The number of hydrogen-bond acceptors (Lipinski definition) is 0. The van der Waals surface area contributed by atoms with E-state index in [1.165, 1.54) is 16.5 Å². The highest BCUT2D eigenvalue weighted by Crippen LogP contribution is 2.49. The Hall–Kier alpha value is -1.22. The average molecular weight is 312 g/mol. The zero-order chi connectivity index (χ0) is 14.9. The van der Waals surface area contributed by atoms with E-state index >= 15 is 0 Å². The molecule has 0 bridgehead atoms. The lowest BCUT2D eigenvalue weighted by Crippen LogP contribution is -2.10. The minimum atomic E-state index is -0.167. The van der Waals surface area contributed by atoms with Crippen molar-refractivity contribution < 1.29 is 0 Å². The summed E-state index contributed by atoms with van der Waals surface area (Å²) in [6.45, 7) is 7.91. The zero-order valence-corrected chi connectivity index (χ0v) is 14.1. The van der Waals surface area contributed by atoms with E-state index in [1.54, 1.807) is 0 Å². The van der Waals surface area contributed by atoms with Crippen LogP contribution in [0.3, 0.4) is 0 Å². The van der Waals surface area contributed by atoms with Gasteiger partial charge in [-0.15, -0.1) is 13.2 Å². The molecule has 0 aliphatic rings. The Morgan fingerprint density at radius 3 is 1.38 bits per heavy atom. The molecule has 2 aromatic rings. The predicted octanol–water partition coefficient (Wildman–Crippen LogP) is 4.93. The van der Waals surface area contributed by atoms with Crippen LogP contribution in [0.15, 0.2) is 86.0 Å². The van der Waals surface area contributed by atoms with Crippen molar-refractivity contribution in [3.05, 3.63) is 86.0 Å². The van der Waals surface area contributed by atoms with Crippen molar-refractivity contribution in [3.63, 3.8) is 0 Å². The van der Waals surface area contributed by atoms with Crippen LogP contribution in [-0.4, -0.2) is 18.2 Å². The SMILES string of the molecule is C=CCP(CP(CC=C)c1ccccc1)c1ccccc1. The quantitative estimate of drug-likeness (QED) is 0.479. The second kappa shape index (κ2) is 8.93. The van der Waals surface area contributed by atoms with Crippen LogP contribution in [0.4, 0.5) is 0 Å². The molecule has 0 heterocycles. The number of rotatable bonds is 8. The summed E-state index contributed by atoms with van der Waals surface area (Å²) in [5.41, 5.74) is 0. The molecule has 0 aliphatic carbocycles. The lowest BCUT2D eigenvalue weighted by atomic mass is 10.4. The first-order valence-electron chi connectivity index (χ1n) is 7.17. The maximum absolute atomic E-state index is 3.96. The van der Waals surface area contributed by atoms with Gasteiger partial charge >= 0.3 is 0 Å². The zero-order valence-electron chi connectivity index (χ0n) is 12.4. The first kappa shape index (κ1) is 16.2. The number of allylic oxidation sites excluding steroid dienone is 2. The molecule has 2 unspecified atom stereocenters. The van der Waals surface area contributed by atoms with E-state index < -0.39 is 0 Å². The fourth-order valence-electron chi connectivity index (χ4n) is 2.28. The molecule has 0 saturated carbocycles. The molecular formula is C19H22P2. The van der Waals surface area contributed by atoms with E-state index in [0.29, 0.717) is 0 Å². The van der Waals surface area contributed by atoms with Gasteiger partial charge in [-0.2, -0.15) is 0 Å². The topological polar surface area (TPSA) is 0 Å². The van der Waals surface area contributed by atoms with Gasteiger partial charge in [0.1, 0.15) is 0 Å². The van der Waals surface area contributed by atoms with Gasteiger partial charge in [0.15, 0.2) is 0 Å². The van der Waals surface area contributed by atoms with Gasteiger partial charge in [0, 0.05) is 0 Å². The summed E-state index contributed by atoms with van der Waals surface area (Å²) in [6, 6.07) is 21.8. The molecule has 108 valence electrons. The molecule has 2 atom stereocenters. The highest BCUT2D eigenvalue weighted by Gasteiger charge is 2.17. The molecule has 0 amide bonds. The third-order valence-electron chi connectivity index (χ3n) is 3.28. The van der Waals surface area contributed by atoms with E-state index in [1.807, 2.05) is 0 Å². The van der Waals surface area contributed by atoms with E-state index in [9.17, 15) is 0 Å². The second-order valence-electron chi connectivity index (χ2n) is 4.83. The highest BCUT2D eigenvalue weighted by atomic mass is 31.2. The van der Waals surface area contributed by atoms with Crippen LogP contribution in [0.1, 0.15) is 0 Å². The van der Waals surface area contributed by atoms with Crippen LogP contribution >= 0.6 is 15.8 Å². The summed E-state index contributed by atoms with van der Waals surface area (Å²) in [4.78, 5) is 0. The molecule has 2 heteroatoms. The van der Waals surface area contributed by atoms with Gasteiger partial charge in [0.05, 0.1) is 0 Å². The summed E-state index contributed by atoms with van der Waals surface area (Å²) in [5, 5.41) is 2.97. The summed E-state index contributed by atoms with van der Waals surface area (Å²) in [7, 11) is -0.335. The fraction of sp³-hybridized carbons (Fsp3) is 0.158. The minimum Gasteiger partial charge on any atom is -0.103 e. The van der Waals surface area contributed by atoms with Crippen molar-refractivity contribution in [2.24, 2.45) is 0 Å².